The van der Waals surface area contributed by atoms with Crippen molar-refractivity contribution < 1.29 is 14.6 Å². The van der Waals surface area contributed by atoms with Gasteiger partial charge in [-0.25, -0.2) is 0 Å². The van der Waals surface area contributed by atoms with Crippen LogP contribution in [0.3, 0.4) is 0 Å². The summed E-state index contributed by atoms with van der Waals surface area (Å²) in [6.07, 6.45) is 11.7. The zero-order valence-electron chi connectivity index (χ0n) is 19.3. The average Bonchev–Trinajstić information content (AvgIpc) is 3.22. The Morgan fingerprint density at radius 3 is 2.60 bits per heavy atom. The summed E-state index contributed by atoms with van der Waals surface area (Å²) < 4.78 is 13.2. The van der Waals surface area contributed by atoms with Gasteiger partial charge >= 0.3 is 0 Å². The molecule has 0 bridgehead atoms. The lowest BCUT2D eigenvalue weighted by atomic mass is 9.46. The van der Waals surface area contributed by atoms with Gasteiger partial charge in [0.15, 0.2) is 6.29 Å². The molecule has 2 heterocycles. The molecule has 5 rings (SSSR count). The van der Waals surface area contributed by atoms with Crippen molar-refractivity contribution in [1.82, 2.24) is 4.90 Å². The standard InChI is InChI=1S/C26H43NO3/c1-18-8-9-22-25(2,21(18)11-13-27-14-19(15-27)16-28)12-10-23-26(22,3)17-29-24(30-23)20-6-4-5-7-20/h19-24,28H,1,4-17H2,2-3H3/t21-,22?,23-,24?,25+,26+/m1/s1. The van der Waals surface area contributed by atoms with E-state index in [0.717, 1.165) is 26.2 Å². The lowest BCUT2D eigenvalue weighted by molar-refractivity contribution is -0.316. The smallest absolute Gasteiger partial charge is 0.160 e. The maximum Gasteiger partial charge on any atom is 0.160 e. The maximum absolute atomic E-state index is 9.32. The second-order valence-corrected chi connectivity index (χ2v) is 11.8. The lowest BCUT2D eigenvalue weighted by Gasteiger charge is -2.63. The highest BCUT2D eigenvalue weighted by Gasteiger charge is 2.60. The normalized spacial score (nSPS) is 45.8. The van der Waals surface area contributed by atoms with Crippen LogP contribution in [0.4, 0.5) is 0 Å². The fraction of sp³-hybridized carbons (Fsp3) is 0.923. The lowest BCUT2D eigenvalue weighted by Crippen LogP contribution is -2.62. The zero-order valence-corrected chi connectivity index (χ0v) is 19.3. The Morgan fingerprint density at radius 2 is 1.87 bits per heavy atom. The fourth-order valence-electron chi connectivity index (χ4n) is 8.15. The predicted octanol–water partition coefficient (Wildman–Crippen LogP) is 4.62. The topological polar surface area (TPSA) is 41.9 Å². The molecule has 0 aromatic rings. The quantitative estimate of drug-likeness (QED) is 0.663. The molecule has 6 atom stereocenters. The van der Waals surface area contributed by atoms with Crippen LogP contribution in [0.25, 0.3) is 0 Å². The molecule has 0 aromatic heterocycles. The molecule has 30 heavy (non-hydrogen) atoms. The van der Waals surface area contributed by atoms with E-state index in [-0.39, 0.29) is 11.7 Å². The number of likely N-dealkylation sites (tertiary alicyclic amines) is 1. The molecule has 3 aliphatic carbocycles. The summed E-state index contributed by atoms with van der Waals surface area (Å²) in [7, 11) is 0. The van der Waals surface area contributed by atoms with Crippen LogP contribution in [-0.4, -0.2) is 55.2 Å². The van der Waals surface area contributed by atoms with Crippen LogP contribution in [-0.2, 0) is 9.47 Å². The van der Waals surface area contributed by atoms with Gasteiger partial charge in [-0.1, -0.05) is 38.8 Å². The summed E-state index contributed by atoms with van der Waals surface area (Å²) in [6, 6.07) is 0. The number of fused-ring (bicyclic) bond motifs is 3. The Bertz CT molecular complexity index is 640. The number of hydrogen-bond acceptors (Lipinski definition) is 4. The van der Waals surface area contributed by atoms with Gasteiger partial charge in [0.05, 0.1) is 12.7 Å². The molecule has 2 unspecified atom stereocenters. The van der Waals surface area contributed by atoms with Crippen LogP contribution in [0.2, 0.25) is 0 Å². The van der Waals surface area contributed by atoms with Crippen LogP contribution in [0.15, 0.2) is 12.2 Å². The van der Waals surface area contributed by atoms with Gasteiger partial charge in [0.1, 0.15) is 0 Å². The fourth-order valence-corrected chi connectivity index (χ4v) is 8.15. The molecule has 4 nitrogen and oxygen atoms in total. The second-order valence-electron chi connectivity index (χ2n) is 11.8. The first-order valence-corrected chi connectivity index (χ1v) is 12.7. The molecular weight excluding hydrogens is 374 g/mol. The highest BCUT2D eigenvalue weighted by atomic mass is 16.7. The van der Waals surface area contributed by atoms with Crippen LogP contribution >= 0.6 is 0 Å². The summed E-state index contributed by atoms with van der Waals surface area (Å²) in [4.78, 5) is 2.52. The number of hydrogen-bond donors (Lipinski definition) is 1. The van der Waals surface area contributed by atoms with E-state index in [4.69, 9.17) is 9.47 Å². The predicted molar refractivity (Wildman–Crippen MR) is 119 cm³/mol. The van der Waals surface area contributed by atoms with Gasteiger partial charge in [0.2, 0.25) is 0 Å². The maximum atomic E-state index is 9.32. The Labute approximate surface area is 183 Å². The molecule has 0 radical (unpaired) electrons. The minimum absolute atomic E-state index is 0.0511. The summed E-state index contributed by atoms with van der Waals surface area (Å²) in [5.41, 5.74) is 1.94. The third-order valence-corrected chi connectivity index (χ3v) is 9.98. The first-order chi connectivity index (χ1) is 14.4. The molecular formula is C26H43NO3. The van der Waals surface area contributed by atoms with Crippen molar-refractivity contribution in [2.24, 2.45) is 34.5 Å². The largest absolute Gasteiger partial charge is 0.396 e. The van der Waals surface area contributed by atoms with Gasteiger partial charge < -0.3 is 19.5 Å². The second kappa shape index (κ2) is 8.17. The number of nitrogens with zero attached hydrogens (tertiary/aromatic N) is 1. The van der Waals surface area contributed by atoms with E-state index in [9.17, 15) is 5.11 Å². The van der Waals surface area contributed by atoms with Crippen molar-refractivity contribution in [3.63, 3.8) is 0 Å². The highest BCUT2D eigenvalue weighted by Crippen LogP contribution is 2.63. The molecule has 5 fully saturated rings. The average molecular weight is 418 g/mol. The Kier molecular flexibility index (Phi) is 5.84. The van der Waals surface area contributed by atoms with E-state index < -0.39 is 0 Å². The third-order valence-electron chi connectivity index (χ3n) is 9.98. The van der Waals surface area contributed by atoms with E-state index in [0.29, 0.717) is 41.8 Å². The van der Waals surface area contributed by atoms with Crippen LogP contribution in [0.5, 0.6) is 0 Å². The van der Waals surface area contributed by atoms with Gasteiger partial charge in [-0.05, 0) is 68.7 Å². The van der Waals surface area contributed by atoms with Crippen LogP contribution < -0.4 is 0 Å². The molecule has 2 aliphatic heterocycles. The van der Waals surface area contributed by atoms with Gasteiger partial charge in [0, 0.05) is 36.9 Å². The number of aliphatic hydroxyl groups excluding tert-OH is 1. The van der Waals surface area contributed by atoms with Crippen molar-refractivity contribution in [2.75, 3.05) is 32.8 Å². The van der Waals surface area contributed by atoms with Crippen molar-refractivity contribution in [3.8, 4) is 0 Å². The van der Waals surface area contributed by atoms with Crippen molar-refractivity contribution >= 4 is 0 Å². The van der Waals surface area contributed by atoms with E-state index in [1.807, 2.05) is 0 Å². The summed E-state index contributed by atoms with van der Waals surface area (Å²) >= 11 is 0. The molecule has 4 heteroatoms. The van der Waals surface area contributed by atoms with Gasteiger partial charge in [-0.3, -0.25) is 0 Å². The van der Waals surface area contributed by atoms with Crippen LogP contribution in [0.1, 0.15) is 71.6 Å². The molecule has 3 saturated carbocycles. The zero-order chi connectivity index (χ0) is 20.9. The Hall–Kier alpha value is -0.420. The minimum atomic E-state index is 0.0511. The Morgan fingerprint density at radius 1 is 1.10 bits per heavy atom. The first-order valence-electron chi connectivity index (χ1n) is 12.7. The number of rotatable bonds is 5. The van der Waals surface area contributed by atoms with Crippen LogP contribution in [0, 0.1) is 34.5 Å². The first kappa shape index (κ1) is 21.4. The molecule has 0 spiro atoms. The SMILES string of the molecule is C=C1CCC2[C@]3(C)COC(C4CCCC4)O[C@@H]3CC[C@@]2(C)[C@@H]1CCN1CC(CO)C1. The summed E-state index contributed by atoms with van der Waals surface area (Å²) in [6.45, 7) is 14.1. The minimum Gasteiger partial charge on any atom is -0.396 e. The number of allylic oxidation sites excluding steroid dienone is 1. The molecule has 0 aromatic carbocycles. The van der Waals surface area contributed by atoms with Gasteiger partial charge in [-0.2, -0.15) is 0 Å². The third kappa shape index (κ3) is 3.50. The summed E-state index contributed by atoms with van der Waals surface area (Å²) in [5, 5.41) is 9.32. The number of aliphatic hydroxyl groups is 1. The molecule has 2 saturated heterocycles. The van der Waals surface area contributed by atoms with Gasteiger partial charge in [-0.15, -0.1) is 0 Å². The number of ether oxygens (including phenoxy) is 2. The van der Waals surface area contributed by atoms with E-state index in [2.05, 4.69) is 25.3 Å². The Balaban J connectivity index is 1.28. The van der Waals surface area contributed by atoms with E-state index >= 15 is 0 Å². The monoisotopic (exact) mass is 417 g/mol. The molecule has 1 N–H and O–H groups in total. The van der Waals surface area contributed by atoms with E-state index in [1.54, 1.807) is 0 Å². The van der Waals surface area contributed by atoms with Crippen molar-refractivity contribution in [3.05, 3.63) is 12.2 Å². The van der Waals surface area contributed by atoms with Crippen molar-refractivity contribution in [1.29, 1.82) is 0 Å². The molecule has 170 valence electrons. The highest BCUT2D eigenvalue weighted by molar-refractivity contribution is 5.18. The molecule has 5 aliphatic rings. The van der Waals surface area contributed by atoms with Crippen molar-refractivity contribution in [2.45, 2.75) is 84.0 Å². The van der Waals surface area contributed by atoms with Gasteiger partial charge in [0.25, 0.3) is 0 Å². The molecule has 0 amide bonds. The summed E-state index contributed by atoms with van der Waals surface area (Å²) in [5.74, 6) is 2.39. The van der Waals surface area contributed by atoms with E-state index in [1.165, 1.54) is 63.4 Å².